The molecule has 92 valence electrons. The van der Waals surface area contributed by atoms with E-state index in [2.05, 4.69) is 48.2 Å². The molecule has 2 unspecified atom stereocenters. The van der Waals surface area contributed by atoms with Crippen molar-refractivity contribution in [1.82, 2.24) is 4.90 Å². The topological polar surface area (TPSA) is 35.8 Å². The molecule has 1 aromatic rings. The van der Waals surface area contributed by atoms with E-state index >= 15 is 0 Å². The summed E-state index contributed by atoms with van der Waals surface area (Å²) >= 11 is 0. The Bertz CT molecular complexity index is 374. The van der Waals surface area contributed by atoms with Crippen LogP contribution in [-0.2, 0) is 6.54 Å². The second-order valence-electron chi connectivity index (χ2n) is 5.01. The molecule has 0 bridgehead atoms. The molecular weight excluding hydrogens is 212 g/mol. The predicted octanol–water partition coefficient (Wildman–Crippen LogP) is 2.60. The van der Waals surface area contributed by atoms with Crippen LogP contribution < -0.4 is 0 Å². The van der Waals surface area contributed by atoms with Crippen LogP contribution >= 0.6 is 0 Å². The Hall–Kier alpha value is -1.35. The van der Waals surface area contributed by atoms with Crippen molar-refractivity contribution in [3.8, 4) is 0 Å². The molecule has 0 aliphatic carbocycles. The molecule has 0 saturated carbocycles. The predicted molar refractivity (Wildman–Crippen MR) is 69.3 cm³/mol. The van der Waals surface area contributed by atoms with Gasteiger partial charge in [-0.05, 0) is 5.56 Å². The van der Waals surface area contributed by atoms with E-state index in [1.807, 2.05) is 6.07 Å². The summed E-state index contributed by atoms with van der Waals surface area (Å²) in [6, 6.07) is 10.5. The molecule has 3 heteroatoms. The van der Waals surface area contributed by atoms with Gasteiger partial charge in [0, 0.05) is 31.5 Å². The Labute approximate surface area is 103 Å². The average Bonchev–Trinajstić information content (AvgIpc) is 2.30. The van der Waals surface area contributed by atoms with Crippen molar-refractivity contribution in [2.24, 2.45) is 17.0 Å². The highest BCUT2D eigenvalue weighted by Crippen LogP contribution is 2.20. The molecule has 17 heavy (non-hydrogen) atoms. The third kappa shape index (κ3) is 2.86. The van der Waals surface area contributed by atoms with Gasteiger partial charge in [0.25, 0.3) is 0 Å². The summed E-state index contributed by atoms with van der Waals surface area (Å²) in [4.78, 5) is 2.43. The van der Waals surface area contributed by atoms with Crippen molar-refractivity contribution in [2.75, 3.05) is 13.1 Å². The van der Waals surface area contributed by atoms with Crippen LogP contribution in [0, 0.1) is 11.8 Å². The Kier molecular flexibility index (Phi) is 3.79. The molecule has 2 rings (SSSR count). The van der Waals surface area contributed by atoms with Crippen molar-refractivity contribution in [3.05, 3.63) is 35.9 Å². The smallest absolute Gasteiger partial charge is 0.0652 e. The van der Waals surface area contributed by atoms with Crippen molar-refractivity contribution >= 4 is 5.71 Å². The fourth-order valence-electron chi connectivity index (χ4n) is 2.69. The summed E-state index contributed by atoms with van der Waals surface area (Å²) in [7, 11) is 0. The van der Waals surface area contributed by atoms with Gasteiger partial charge < -0.3 is 5.21 Å². The first-order valence-corrected chi connectivity index (χ1v) is 6.19. The van der Waals surface area contributed by atoms with Crippen LogP contribution in [0.1, 0.15) is 19.4 Å². The molecule has 1 aromatic carbocycles. The molecular formula is C14H20N2O. The Morgan fingerprint density at radius 1 is 1.18 bits per heavy atom. The van der Waals surface area contributed by atoms with Crippen molar-refractivity contribution < 1.29 is 5.21 Å². The van der Waals surface area contributed by atoms with Crippen LogP contribution in [0.5, 0.6) is 0 Å². The van der Waals surface area contributed by atoms with Crippen LogP contribution in [0.3, 0.4) is 0 Å². The number of likely N-dealkylation sites (tertiary alicyclic amines) is 1. The number of piperidine rings is 1. The fraction of sp³-hybridized carbons (Fsp3) is 0.500. The molecule has 1 heterocycles. The third-order valence-corrected chi connectivity index (χ3v) is 3.44. The summed E-state index contributed by atoms with van der Waals surface area (Å²) in [6.07, 6.45) is 0. The molecule has 3 nitrogen and oxygen atoms in total. The van der Waals surface area contributed by atoms with Gasteiger partial charge in [-0.3, -0.25) is 4.90 Å². The Balaban J connectivity index is 2.01. The van der Waals surface area contributed by atoms with Crippen LogP contribution in [0.2, 0.25) is 0 Å². The lowest BCUT2D eigenvalue weighted by Gasteiger charge is -2.35. The van der Waals surface area contributed by atoms with E-state index in [4.69, 9.17) is 5.21 Å². The zero-order chi connectivity index (χ0) is 12.3. The summed E-state index contributed by atoms with van der Waals surface area (Å²) in [5, 5.41) is 12.4. The van der Waals surface area contributed by atoms with E-state index in [0.717, 1.165) is 25.3 Å². The van der Waals surface area contributed by atoms with E-state index in [1.54, 1.807) is 0 Å². The molecule has 0 radical (unpaired) electrons. The number of benzene rings is 1. The summed E-state index contributed by atoms with van der Waals surface area (Å²) < 4.78 is 0. The van der Waals surface area contributed by atoms with Crippen LogP contribution in [0.25, 0.3) is 0 Å². The minimum Gasteiger partial charge on any atom is -0.411 e. The Morgan fingerprint density at radius 3 is 2.29 bits per heavy atom. The lowest BCUT2D eigenvalue weighted by molar-refractivity contribution is 0.202. The quantitative estimate of drug-likeness (QED) is 0.628. The van der Waals surface area contributed by atoms with Crippen LogP contribution in [0.4, 0.5) is 0 Å². The van der Waals surface area contributed by atoms with E-state index in [-0.39, 0.29) is 0 Å². The van der Waals surface area contributed by atoms with Gasteiger partial charge in [0.1, 0.15) is 0 Å². The summed E-state index contributed by atoms with van der Waals surface area (Å²) in [5.74, 6) is 0.680. The number of hydrogen-bond acceptors (Lipinski definition) is 3. The molecule has 0 amide bonds. The zero-order valence-corrected chi connectivity index (χ0v) is 10.5. The van der Waals surface area contributed by atoms with E-state index < -0.39 is 0 Å². The highest BCUT2D eigenvalue weighted by molar-refractivity contribution is 5.89. The largest absolute Gasteiger partial charge is 0.411 e. The first-order valence-electron chi connectivity index (χ1n) is 6.19. The standard InChI is InChI=1S/C14H20N2O/c1-11-8-16(9-12(2)14(11)15-17)10-13-6-4-3-5-7-13/h3-7,11-12,17H,8-10H2,1-2H3. The lowest BCUT2D eigenvalue weighted by Crippen LogP contribution is -2.44. The third-order valence-electron chi connectivity index (χ3n) is 3.44. The lowest BCUT2D eigenvalue weighted by atomic mass is 9.89. The van der Waals surface area contributed by atoms with Gasteiger partial charge in [-0.25, -0.2) is 0 Å². The van der Waals surface area contributed by atoms with E-state index in [9.17, 15) is 0 Å². The normalized spacial score (nSPS) is 25.9. The zero-order valence-electron chi connectivity index (χ0n) is 10.5. The molecule has 1 saturated heterocycles. The second kappa shape index (κ2) is 5.32. The molecule has 0 aromatic heterocycles. The van der Waals surface area contributed by atoms with Crippen LogP contribution in [0.15, 0.2) is 35.5 Å². The molecule has 0 spiro atoms. The first-order chi connectivity index (χ1) is 8.20. The fourth-order valence-corrected chi connectivity index (χ4v) is 2.69. The molecule has 1 fully saturated rings. The van der Waals surface area contributed by atoms with E-state index in [1.165, 1.54) is 5.56 Å². The van der Waals surface area contributed by atoms with Gasteiger partial charge >= 0.3 is 0 Å². The molecule has 2 atom stereocenters. The monoisotopic (exact) mass is 232 g/mol. The number of nitrogens with zero attached hydrogens (tertiary/aromatic N) is 2. The number of rotatable bonds is 2. The molecule has 1 N–H and O–H groups in total. The van der Waals surface area contributed by atoms with Crippen molar-refractivity contribution in [1.29, 1.82) is 0 Å². The van der Waals surface area contributed by atoms with Crippen molar-refractivity contribution in [2.45, 2.75) is 20.4 Å². The van der Waals surface area contributed by atoms with Gasteiger partial charge in [-0.15, -0.1) is 0 Å². The average molecular weight is 232 g/mol. The van der Waals surface area contributed by atoms with Gasteiger partial charge in [0.15, 0.2) is 0 Å². The maximum Gasteiger partial charge on any atom is 0.0652 e. The van der Waals surface area contributed by atoms with Gasteiger partial charge in [0.05, 0.1) is 5.71 Å². The highest BCUT2D eigenvalue weighted by Gasteiger charge is 2.28. The molecule has 1 aliphatic heterocycles. The first kappa shape index (κ1) is 12.1. The van der Waals surface area contributed by atoms with E-state index in [0.29, 0.717) is 11.8 Å². The van der Waals surface area contributed by atoms with Gasteiger partial charge in [0.2, 0.25) is 0 Å². The van der Waals surface area contributed by atoms with Gasteiger partial charge in [-0.2, -0.15) is 0 Å². The maximum absolute atomic E-state index is 8.98. The number of oxime groups is 1. The minimum absolute atomic E-state index is 0.340. The SMILES string of the molecule is CC1CN(Cc2ccccc2)CC(C)C1=NO. The van der Waals surface area contributed by atoms with Gasteiger partial charge in [-0.1, -0.05) is 49.3 Å². The second-order valence-corrected chi connectivity index (χ2v) is 5.01. The Morgan fingerprint density at radius 2 is 1.76 bits per heavy atom. The number of hydrogen-bond donors (Lipinski definition) is 1. The molecule has 1 aliphatic rings. The van der Waals surface area contributed by atoms with Crippen LogP contribution in [-0.4, -0.2) is 28.9 Å². The highest BCUT2D eigenvalue weighted by atomic mass is 16.4. The van der Waals surface area contributed by atoms with Crippen molar-refractivity contribution in [3.63, 3.8) is 0 Å². The summed E-state index contributed by atoms with van der Waals surface area (Å²) in [5.41, 5.74) is 2.28. The maximum atomic E-state index is 8.98. The minimum atomic E-state index is 0.340. The summed E-state index contributed by atoms with van der Waals surface area (Å²) in [6.45, 7) is 7.18.